The van der Waals surface area contributed by atoms with E-state index in [1.165, 1.54) is 6.33 Å². The Morgan fingerprint density at radius 1 is 1.09 bits per heavy atom. The highest BCUT2D eigenvalue weighted by molar-refractivity contribution is 5.69. The number of anilines is 2. The van der Waals surface area contributed by atoms with Crippen molar-refractivity contribution in [1.29, 1.82) is 5.26 Å². The number of ether oxygens (including phenoxy) is 3. The number of nitriles is 1. The average molecular weight is 611 g/mol. The second-order valence-corrected chi connectivity index (χ2v) is 12.0. The Bertz CT molecular complexity index is 1640. The molecule has 1 aliphatic rings. The number of hydrogen-bond donors (Lipinski definition) is 1. The summed E-state index contributed by atoms with van der Waals surface area (Å²) >= 11 is 0. The molecule has 1 atom stereocenters. The fraction of sp³-hybridized carbons (Fsp3) is 0.394. The van der Waals surface area contributed by atoms with Crippen LogP contribution in [0, 0.1) is 11.3 Å². The molecule has 2 aromatic heterocycles. The van der Waals surface area contributed by atoms with E-state index < -0.39 is 5.60 Å². The summed E-state index contributed by atoms with van der Waals surface area (Å²) in [6.07, 6.45) is 7.74. The van der Waals surface area contributed by atoms with Gasteiger partial charge in [-0.05, 0) is 81.8 Å². The van der Waals surface area contributed by atoms with E-state index in [0.717, 1.165) is 35.2 Å². The first-order valence-electron chi connectivity index (χ1n) is 14.9. The van der Waals surface area contributed by atoms with E-state index in [4.69, 9.17) is 14.2 Å². The van der Waals surface area contributed by atoms with Crippen molar-refractivity contribution in [1.82, 2.24) is 29.6 Å². The first-order valence-corrected chi connectivity index (χ1v) is 14.9. The van der Waals surface area contributed by atoms with Crippen LogP contribution in [0.1, 0.15) is 57.6 Å². The molecule has 12 heteroatoms. The summed E-state index contributed by atoms with van der Waals surface area (Å²) in [6, 6.07) is 13.7. The topological polar surface area (TPSA) is 140 Å². The van der Waals surface area contributed by atoms with Crippen molar-refractivity contribution in [2.24, 2.45) is 0 Å². The molecule has 2 aromatic carbocycles. The minimum Gasteiger partial charge on any atom is -0.495 e. The lowest BCUT2D eigenvalue weighted by atomic mass is 9.89. The number of nitrogens with one attached hydrogen (secondary N) is 1. The zero-order valence-corrected chi connectivity index (χ0v) is 26.2. The molecule has 234 valence electrons. The molecular weight excluding hydrogens is 572 g/mol. The standard InChI is InChI=1S/C33H38N8O4/c1-22(19-41-21-35-20-38-41)44-29-14-25(6-7-26(29)16-34)27-17-36-31(37-18-27)39-28-9-8-24(15-30(28)43-5)23-10-12-40(13-11-23)32(42)45-33(2,3)4/h6-9,14-15,17-18,20-23H,10-13,19H2,1-5H3,(H,36,37,39)/t22-/m0/s1. The molecule has 0 aliphatic carbocycles. The predicted octanol–water partition coefficient (Wildman–Crippen LogP) is 5.94. The van der Waals surface area contributed by atoms with Crippen molar-refractivity contribution in [3.63, 3.8) is 0 Å². The predicted molar refractivity (Wildman–Crippen MR) is 168 cm³/mol. The van der Waals surface area contributed by atoms with Crippen LogP contribution in [0.3, 0.4) is 0 Å². The summed E-state index contributed by atoms with van der Waals surface area (Å²) in [5, 5.41) is 17.0. The van der Waals surface area contributed by atoms with Crippen LogP contribution in [0.2, 0.25) is 0 Å². The maximum absolute atomic E-state index is 12.4. The molecule has 0 bridgehead atoms. The highest BCUT2D eigenvalue weighted by atomic mass is 16.6. The monoisotopic (exact) mass is 610 g/mol. The van der Waals surface area contributed by atoms with Crippen LogP contribution < -0.4 is 14.8 Å². The summed E-state index contributed by atoms with van der Waals surface area (Å²) in [4.78, 5) is 27.2. The van der Waals surface area contributed by atoms with Gasteiger partial charge in [0.1, 0.15) is 41.9 Å². The first-order chi connectivity index (χ1) is 21.6. The van der Waals surface area contributed by atoms with E-state index in [1.807, 2.05) is 52.0 Å². The van der Waals surface area contributed by atoms with Gasteiger partial charge in [-0.25, -0.2) is 24.4 Å². The number of carbonyl (C=O) groups excluding carboxylic acids is 1. The Morgan fingerprint density at radius 2 is 1.84 bits per heavy atom. The summed E-state index contributed by atoms with van der Waals surface area (Å²) < 4.78 is 19.0. The summed E-state index contributed by atoms with van der Waals surface area (Å²) in [6.45, 7) is 9.35. The zero-order valence-electron chi connectivity index (χ0n) is 26.2. The smallest absolute Gasteiger partial charge is 0.410 e. The lowest BCUT2D eigenvalue weighted by Crippen LogP contribution is -2.41. The van der Waals surface area contributed by atoms with Crippen LogP contribution in [0.15, 0.2) is 61.4 Å². The molecule has 0 spiro atoms. The summed E-state index contributed by atoms with van der Waals surface area (Å²) in [5.74, 6) is 1.89. The van der Waals surface area contributed by atoms with Gasteiger partial charge >= 0.3 is 6.09 Å². The maximum atomic E-state index is 12.4. The molecule has 1 fully saturated rings. The number of piperidine rings is 1. The van der Waals surface area contributed by atoms with E-state index in [-0.39, 0.29) is 12.2 Å². The van der Waals surface area contributed by atoms with Gasteiger partial charge in [0.2, 0.25) is 5.95 Å². The van der Waals surface area contributed by atoms with Gasteiger partial charge in [0.05, 0.1) is 24.9 Å². The second-order valence-electron chi connectivity index (χ2n) is 12.0. The molecule has 0 radical (unpaired) electrons. The Labute approximate surface area is 263 Å². The zero-order chi connectivity index (χ0) is 32.0. The van der Waals surface area contributed by atoms with Gasteiger partial charge in [0.25, 0.3) is 0 Å². The van der Waals surface area contributed by atoms with Crippen LogP contribution >= 0.6 is 0 Å². The van der Waals surface area contributed by atoms with E-state index in [2.05, 4.69) is 37.5 Å². The molecular formula is C33H38N8O4. The molecule has 1 N–H and O–H groups in total. The quantitative estimate of drug-likeness (QED) is 0.242. The Balaban J connectivity index is 1.23. The van der Waals surface area contributed by atoms with Gasteiger partial charge in [-0.2, -0.15) is 10.4 Å². The van der Waals surface area contributed by atoms with E-state index in [9.17, 15) is 10.1 Å². The Morgan fingerprint density at radius 3 is 2.49 bits per heavy atom. The fourth-order valence-electron chi connectivity index (χ4n) is 5.19. The van der Waals surface area contributed by atoms with Crippen molar-refractivity contribution >= 4 is 17.7 Å². The Hall–Kier alpha value is -5.18. The third-order valence-corrected chi connectivity index (χ3v) is 7.42. The molecule has 45 heavy (non-hydrogen) atoms. The van der Waals surface area contributed by atoms with Crippen molar-refractivity contribution in [3.8, 4) is 28.7 Å². The minimum absolute atomic E-state index is 0.233. The number of aromatic nitrogens is 5. The number of carbonyl (C=O) groups is 1. The summed E-state index contributed by atoms with van der Waals surface area (Å²) in [5.41, 5.74) is 3.44. The maximum Gasteiger partial charge on any atom is 0.410 e. The van der Waals surface area contributed by atoms with Gasteiger partial charge in [0, 0.05) is 31.0 Å². The molecule has 0 saturated carbocycles. The number of benzene rings is 2. The molecule has 1 amide bonds. The van der Waals surface area contributed by atoms with Crippen molar-refractivity contribution in [3.05, 3.63) is 72.6 Å². The molecule has 3 heterocycles. The van der Waals surface area contributed by atoms with E-state index in [0.29, 0.717) is 48.6 Å². The minimum atomic E-state index is -0.505. The van der Waals surface area contributed by atoms with Crippen LogP contribution in [-0.2, 0) is 11.3 Å². The average Bonchev–Trinajstić information content (AvgIpc) is 3.54. The van der Waals surface area contributed by atoms with E-state index in [1.54, 1.807) is 41.5 Å². The van der Waals surface area contributed by atoms with Gasteiger partial charge in [-0.1, -0.05) is 12.1 Å². The van der Waals surface area contributed by atoms with Gasteiger partial charge in [-0.3, -0.25) is 0 Å². The molecule has 12 nitrogen and oxygen atoms in total. The van der Waals surface area contributed by atoms with Crippen LogP contribution in [-0.4, -0.2) is 67.6 Å². The highest BCUT2D eigenvalue weighted by Gasteiger charge is 2.28. The SMILES string of the molecule is COc1cc(C2CCN(C(=O)OC(C)(C)C)CC2)ccc1Nc1ncc(-c2ccc(C#N)c(O[C@@H](C)Cn3cncn3)c2)cn1. The van der Waals surface area contributed by atoms with Crippen LogP contribution in [0.4, 0.5) is 16.4 Å². The molecule has 1 saturated heterocycles. The molecule has 5 rings (SSSR count). The van der Waals surface area contributed by atoms with Crippen LogP contribution in [0.5, 0.6) is 11.5 Å². The van der Waals surface area contributed by atoms with Gasteiger partial charge in [0.15, 0.2) is 0 Å². The van der Waals surface area contributed by atoms with Crippen molar-refractivity contribution < 1.29 is 19.0 Å². The van der Waals surface area contributed by atoms with Crippen LogP contribution in [0.25, 0.3) is 11.1 Å². The lowest BCUT2D eigenvalue weighted by Gasteiger charge is -2.33. The van der Waals surface area contributed by atoms with Gasteiger partial charge in [-0.15, -0.1) is 0 Å². The van der Waals surface area contributed by atoms with Crippen molar-refractivity contribution in [2.75, 3.05) is 25.5 Å². The first kappa shape index (κ1) is 31.3. The Kier molecular flexibility index (Phi) is 9.47. The number of likely N-dealkylation sites (tertiary alicyclic amines) is 1. The lowest BCUT2D eigenvalue weighted by molar-refractivity contribution is 0.0204. The van der Waals surface area contributed by atoms with E-state index >= 15 is 0 Å². The number of rotatable bonds is 9. The molecule has 4 aromatic rings. The number of hydrogen-bond acceptors (Lipinski definition) is 10. The largest absolute Gasteiger partial charge is 0.495 e. The third-order valence-electron chi connectivity index (χ3n) is 7.42. The third kappa shape index (κ3) is 8.06. The highest BCUT2D eigenvalue weighted by Crippen LogP contribution is 2.35. The van der Waals surface area contributed by atoms with Crippen molar-refractivity contribution in [2.45, 2.75) is 64.7 Å². The molecule has 0 unspecified atom stereocenters. The molecule has 1 aliphatic heterocycles. The fourth-order valence-corrected chi connectivity index (χ4v) is 5.19. The van der Waals surface area contributed by atoms with Gasteiger partial charge < -0.3 is 24.4 Å². The number of amides is 1. The normalized spacial score (nSPS) is 14.4. The number of methoxy groups -OCH3 is 1. The second kappa shape index (κ2) is 13.6. The number of nitrogens with zero attached hydrogens (tertiary/aromatic N) is 7. The summed E-state index contributed by atoms with van der Waals surface area (Å²) in [7, 11) is 1.64.